The monoisotopic (exact) mass is 558 g/mol. The molecule has 0 bridgehead atoms. The quantitative estimate of drug-likeness (QED) is 0.260. The third-order valence-corrected chi connectivity index (χ3v) is 7.17. The van der Waals surface area contributed by atoms with Crippen LogP contribution in [0.25, 0.3) is 11.1 Å². The molecule has 3 aromatic rings. The lowest BCUT2D eigenvalue weighted by atomic mass is 9.98. The van der Waals surface area contributed by atoms with Gasteiger partial charge in [-0.25, -0.2) is 4.79 Å². The van der Waals surface area contributed by atoms with Gasteiger partial charge in [-0.15, -0.1) is 0 Å². The van der Waals surface area contributed by atoms with Crippen LogP contribution in [-0.2, 0) is 30.5 Å². The topological polar surface area (TPSA) is 131 Å². The van der Waals surface area contributed by atoms with Gasteiger partial charge < -0.3 is 25.2 Å². The van der Waals surface area contributed by atoms with Crippen LogP contribution in [0.1, 0.15) is 48.8 Å². The van der Waals surface area contributed by atoms with Crippen LogP contribution in [0, 0.1) is 5.92 Å². The first kappa shape index (κ1) is 29.3. The number of carbonyl (C=O) groups is 4. The molecule has 2 amide bonds. The predicted molar refractivity (Wildman–Crippen MR) is 152 cm³/mol. The third-order valence-electron chi connectivity index (χ3n) is 7.17. The summed E-state index contributed by atoms with van der Waals surface area (Å²) in [4.78, 5) is 49.7. The van der Waals surface area contributed by atoms with Gasteiger partial charge in [0.05, 0.1) is 6.42 Å². The molecule has 3 N–H and O–H groups in total. The van der Waals surface area contributed by atoms with E-state index in [0.717, 1.165) is 27.8 Å². The van der Waals surface area contributed by atoms with E-state index in [9.17, 15) is 19.2 Å². The van der Waals surface area contributed by atoms with Gasteiger partial charge in [-0.3, -0.25) is 14.4 Å². The van der Waals surface area contributed by atoms with Crippen molar-refractivity contribution in [1.82, 2.24) is 10.6 Å². The van der Waals surface area contributed by atoms with Crippen LogP contribution in [0.3, 0.4) is 0 Å². The number of esters is 1. The maximum atomic E-state index is 13.0. The molecule has 9 heteroatoms. The molecule has 0 fully saturated rings. The molecule has 3 aromatic carbocycles. The fraction of sp³-hybridized carbons (Fsp3) is 0.312. The predicted octanol–water partition coefficient (Wildman–Crippen LogP) is 4.64. The fourth-order valence-corrected chi connectivity index (χ4v) is 4.93. The second-order valence-corrected chi connectivity index (χ2v) is 9.99. The minimum absolute atomic E-state index is 0.0233. The summed E-state index contributed by atoms with van der Waals surface area (Å²) in [5, 5.41) is 14.3. The second-order valence-electron chi connectivity index (χ2n) is 9.99. The van der Waals surface area contributed by atoms with Crippen molar-refractivity contribution in [2.24, 2.45) is 5.92 Å². The molecule has 0 aromatic heterocycles. The first-order valence-corrected chi connectivity index (χ1v) is 13.7. The lowest BCUT2D eigenvalue weighted by Crippen LogP contribution is -2.49. The van der Waals surface area contributed by atoms with Crippen molar-refractivity contribution < 1.29 is 33.8 Å². The van der Waals surface area contributed by atoms with Crippen LogP contribution in [0.2, 0.25) is 0 Å². The molecule has 0 spiro atoms. The molecule has 0 aliphatic heterocycles. The number of alkyl carbamates (subject to hydrolysis) is 1. The van der Waals surface area contributed by atoms with E-state index in [1.54, 1.807) is 12.1 Å². The molecule has 0 saturated carbocycles. The van der Waals surface area contributed by atoms with Crippen molar-refractivity contribution in [3.63, 3.8) is 0 Å². The average Bonchev–Trinajstić information content (AvgIpc) is 3.30. The summed E-state index contributed by atoms with van der Waals surface area (Å²) in [5.74, 6) is -2.73. The number of carbonyl (C=O) groups excluding carboxylic acids is 3. The number of hydrogen-bond acceptors (Lipinski definition) is 6. The second kappa shape index (κ2) is 14.1. The van der Waals surface area contributed by atoms with Gasteiger partial charge in [0.15, 0.2) is 0 Å². The lowest BCUT2D eigenvalue weighted by molar-refractivity contribution is -0.147. The fourth-order valence-electron chi connectivity index (χ4n) is 4.93. The molecule has 0 radical (unpaired) electrons. The molecule has 9 nitrogen and oxygen atoms in total. The number of amides is 2. The molecule has 1 unspecified atom stereocenters. The molecule has 41 heavy (non-hydrogen) atoms. The highest BCUT2D eigenvalue weighted by Crippen LogP contribution is 2.44. The Hall–Kier alpha value is -4.66. The standard InChI is InChI=1S/C32H34N2O7/c1-2-21(16-29(35)36)18-33-31(38)28(17-30(37)40-19-22-10-4-3-5-11-22)34-32(39)41-20-27-25-14-8-6-12-23(25)24-13-7-9-15-26(24)27/h3-15,21,27-28H,2,16-20H2,1H3,(H,33,38)(H,34,39)(H,35,36)/t21?,28-/m0/s1. The minimum atomic E-state index is -1.27. The zero-order valence-corrected chi connectivity index (χ0v) is 22.9. The van der Waals surface area contributed by atoms with Gasteiger partial charge in [0.1, 0.15) is 19.3 Å². The number of carboxylic acid groups (broad SMARTS) is 1. The first-order chi connectivity index (χ1) is 19.9. The van der Waals surface area contributed by atoms with Gasteiger partial charge in [0.25, 0.3) is 0 Å². The summed E-state index contributed by atoms with van der Waals surface area (Å²) >= 11 is 0. The molecule has 0 saturated heterocycles. The summed E-state index contributed by atoms with van der Waals surface area (Å²) in [6.45, 7) is 1.98. The zero-order valence-electron chi connectivity index (χ0n) is 22.9. The van der Waals surface area contributed by atoms with Gasteiger partial charge in [-0.1, -0.05) is 92.2 Å². The van der Waals surface area contributed by atoms with Gasteiger partial charge in [-0.05, 0) is 33.7 Å². The van der Waals surface area contributed by atoms with Crippen LogP contribution < -0.4 is 10.6 Å². The number of benzene rings is 3. The summed E-state index contributed by atoms with van der Waals surface area (Å²) < 4.78 is 10.9. The van der Waals surface area contributed by atoms with E-state index in [1.165, 1.54) is 0 Å². The van der Waals surface area contributed by atoms with Crippen molar-refractivity contribution in [3.8, 4) is 11.1 Å². The van der Waals surface area contributed by atoms with E-state index in [1.807, 2.05) is 73.7 Å². The first-order valence-electron chi connectivity index (χ1n) is 13.7. The Morgan fingerprint density at radius 1 is 0.829 bits per heavy atom. The Bertz CT molecular complexity index is 1330. The molecule has 1 aliphatic carbocycles. The average molecular weight is 559 g/mol. The molecule has 1 aliphatic rings. The van der Waals surface area contributed by atoms with E-state index >= 15 is 0 Å². The highest BCUT2D eigenvalue weighted by atomic mass is 16.5. The van der Waals surface area contributed by atoms with E-state index < -0.39 is 36.4 Å². The maximum Gasteiger partial charge on any atom is 0.407 e. The summed E-state index contributed by atoms with van der Waals surface area (Å²) in [5.41, 5.74) is 5.05. The SMILES string of the molecule is CCC(CNC(=O)[C@H](CC(=O)OCc1ccccc1)NC(=O)OCC1c2ccccc2-c2ccccc21)CC(=O)O. The normalized spacial score (nSPS) is 13.3. The number of fused-ring (bicyclic) bond motifs is 3. The third kappa shape index (κ3) is 7.94. The number of aliphatic carboxylic acids is 1. The highest BCUT2D eigenvalue weighted by Gasteiger charge is 2.30. The Morgan fingerprint density at radius 3 is 2.05 bits per heavy atom. The Labute approximate surface area is 238 Å². The molecular weight excluding hydrogens is 524 g/mol. The Balaban J connectivity index is 1.39. The van der Waals surface area contributed by atoms with E-state index in [2.05, 4.69) is 10.6 Å². The molecule has 0 heterocycles. The van der Waals surface area contributed by atoms with Crippen molar-refractivity contribution in [3.05, 3.63) is 95.6 Å². The molecule has 2 atom stereocenters. The number of nitrogens with one attached hydrogen (secondary N) is 2. The van der Waals surface area contributed by atoms with Gasteiger partial charge >= 0.3 is 18.0 Å². The molecular formula is C32H34N2O7. The summed E-state index contributed by atoms with van der Waals surface area (Å²) in [6.07, 6.45) is -0.838. The van der Waals surface area contributed by atoms with E-state index in [0.29, 0.717) is 6.42 Å². The van der Waals surface area contributed by atoms with Crippen molar-refractivity contribution in [2.45, 2.75) is 44.8 Å². The van der Waals surface area contributed by atoms with Crippen LogP contribution in [0.15, 0.2) is 78.9 Å². The van der Waals surface area contributed by atoms with Crippen LogP contribution in [0.5, 0.6) is 0 Å². The van der Waals surface area contributed by atoms with Crippen molar-refractivity contribution in [2.75, 3.05) is 13.2 Å². The van der Waals surface area contributed by atoms with Crippen LogP contribution in [0.4, 0.5) is 4.79 Å². The van der Waals surface area contributed by atoms with Crippen LogP contribution in [-0.4, -0.2) is 48.2 Å². The number of carboxylic acids is 1. The number of hydrogen-bond donors (Lipinski definition) is 3. The van der Waals surface area contributed by atoms with Crippen LogP contribution >= 0.6 is 0 Å². The lowest BCUT2D eigenvalue weighted by Gasteiger charge is -2.21. The van der Waals surface area contributed by atoms with Gasteiger partial charge in [0, 0.05) is 18.9 Å². The minimum Gasteiger partial charge on any atom is -0.481 e. The van der Waals surface area contributed by atoms with E-state index in [4.69, 9.17) is 14.6 Å². The maximum absolute atomic E-state index is 13.0. The Morgan fingerprint density at radius 2 is 1.44 bits per heavy atom. The Kier molecular flexibility index (Phi) is 10.1. The van der Waals surface area contributed by atoms with Gasteiger partial charge in [0.2, 0.25) is 5.91 Å². The van der Waals surface area contributed by atoms with Crippen molar-refractivity contribution >= 4 is 23.9 Å². The molecule has 214 valence electrons. The summed E-state index contributed by atoms with van der Waals surface area (Å²) in [7, 11) is 0. The molecule has 4 rings (SSSR count). The highest BCUT2D eigenvalue weighted by molar-refractivity contribution is 5.89. The van der Waals surface area contributed by atoms with E-state index in [-0.39, 0.29) is 38.0 Å². The van der Waals surface area contributed by atoms with Crippen molar-refractivity contribution in [1.29, 1.82) is 0 Å². The number of ether oxygens (including phenoxy) is 2. The zero-order chi connectivity index (χ0) is 29.2. The number of rotatable bonds is 13. The van der Waals surface area contributed by atoms with Gasteiger partial charge in [-0.2, -0.15) is 0 Å². The summed E-state index contributed by atoms with van der Waals surface area (Å²) in [6, 6.07) is 23.7. The largest absolute Gasteiger partial charge is 0.481 e. The smallest absolute Gasteiger partial charge is 0.407 e.